The average Bonchev–Trinajstić information content (AvgIpc) is 2.69. The molecule has 5 nitrogen and oxygen atoms in total. The van der Waals surface area contributed by atoms with E-state index >= 15 is 0 Å². The molecule has 2 aromatic carbocycles. The van der Waals surface area contributed by atoms with Gasteiger partial charge in [0.2, 0.25) is 0 Å². The molecule has 0 fully saturated rings. The summed E-state index contributed by atoms with van der Waals surface area (Å²) in [5.41, 5.74) is 6.55. The number of hydrazine groups is 1. The molecule has 0 aliphatic heterocycles. The Morgan fingerprint density at radius 3 is 2.64 bits per heavy atom. The molecule has 0 aliphatic rings. The Morgan fingerprint density at radius 1 is 0.964 bits per heavy atom. The molecule has 1 N–H and O–H groups in total. The maximum Gasteiger partial charge on any atom is 0.151 e. The Labute approximate surface area is 166 Å². The lowest BCUT2D eigenvalue weighted by molar-refractivity contribution is 0.493. The molecule has 0 saturated heterocycles. The number of anilines is 1. The van der Waals surface area contributed by atoms with Gasteiger partial charge in [-0.15, -0.1) is 0 Å². The lowest BCUT2D eigenvalue weighted by Crippen LogP contribution is -2.20. The molecule has 28 heavy (non-hydrogen) atoms. The molecule has 0 spiro atoms. The number of halogens is 2. The molecule has 0 unspecified atom stereocenters. The predicted molar refractivity (Wildman–Crippen MR) is 110 cm³/mol. The number of benzene rings is 2. The Hall–Kier alpha value is -3.09. The first-order valence-electron chi connectivity index (χ1n) is 8.62. The highest BCUT2D eigenvalue weighted by atomic mass is 35.5. The van der Waals surface area contributed by atoms with Crippen molar-refractivity contribution in [1.29, 1.82) is 0 Å². The van der Waals surface area contributed by atoms with E-state index in [9.17, 15) is 4.39 Å². The fraction of sp³-hybridized carbons (Fsp3) is 0.0952. The van der Waals surface area contributed by atoms with Crippen molar-refractivity contribution in [1.82, 2.24) is 20.0 Å². The van der Waals surface area contributed by atoms with Gasteiger partial charge >= 0.3 is 0 Å². The summed E-state index contributed by atoms with van der Waals surface area (Å²) in [4.78, 5) is 13.1. The van der Waals surface area contributed by atoms with E-state index in [2.05, 4.69) is 20.4 Å². The topological polar surface area (TPSA) is 53.9 Å². The van der Waals surface area contributed by atoms with Crippen molar-refractivity contribution in [3.8, 4) is 22.4 Å². The maximum atomic E-state index is 14.5. The highest BCUT2D eigenvalue weighted by molar-refractivity contribution is 6.30. The summed E-state index contributed by atoms with van der Waals surface area (Å²) in [7, 11) is 3.78. The molecule has 140 valence electrons. The fourth-order valence-corrected chi connectivity index (χ4v) is 3.23. The van der Waals surface area contributed by atoms with Crippen LogP contribution in [0.1, 0.15) is 0 Å². The van der Waals surface area contributed by atoms with Crippen LogP contribution in [0.15, 0.2) is 61.1 Å². The van der Waals surface area contributed by atoms with Crippen LogP contribution in [-0.2, 0) is 0 Å². The van der Waals surface area contributed by atoms with Gasteiger partial charge in [0.25, 0.3) is 0 Å². The molecule has 2 heterocycles. The summed E-state index contributed by atoms with van der Waals surface area (Å²) in [6.45, 7) is 0. The van der Waals surface area contributed by atoms with Crippen LogP contribution < -0.4 is 5.43 Å². The zero-order valence-corrected chi connectivity index (χ0v) is 16.1. The first kappa shape index (κ1) is 18.3. The first-order valence-corrected chi connectivity index (χ1v) is 9.00. The van der Waals surface area contributed by atoms with Gasteiger partial charge in [-0.05, 0) is 42.0 Å². The van der Waals surface area contributed by atoms with Crippen molar-refractivity contribution >= 4 is 28.3 Å². The minimum atomic E-state index is -0.372. The number of hydrogen-bond acceptors (Lipinski definition) is 5. The second-order valence-electron chi connectivity index (χ2n) is 6.48. The second-order valence-corrected chi connectivity index (χ2v) is 6.92. The monoisotopic (exact) mass is 393 g/mol. The molecule has 0 amide bonds. The number of rotatable bonds is 4. The van der Waals surface area contributed by atoms with E-state index in [4.69, 9.17) is 11.6 Å². The van der Waals surface area contributed by atoms with Gasteiger partial charge in [0, 0.05) is 41.8 Å². The van der Waals surface area contributed by atoms with Gasteiger partial charge in [0.05, 0.1) is 11.2 Å². The lowest BCUT2D eigenvalue weighted by atomic mass is 9.98. The molecular weight excluding hydrogens is 377 g/mol. The Kier molecular flexibility index (Phi) is 4.90. The minimum absolute atomic E-state index is 0.360. The van der Waals surface area contributed by atoms with Crippen LogP contribution in [0.5, 0.6) is 0 Å². The van der Waals surface area contributed by atoms with E-state index in [1.165, 1.54) is 18.5 Å². The highest BCUT2D eigenvalue weighted by Crippen LogP contribution is 2.35. The molecule has 4 aromatic rings. The van der Waals surface area contributed by atoms with Gasteiger partial charge in [0.1, 0.15) is 12.1 Å². The van der Waals surface area contributed by atoms with E-state index in [0.717, 1.165) is 22.0 Å². The van der Waals surface area contributed by atoms with Crippen LogP contribution in [0.4, 0.5) is 10.2 Å². The number of pyridine rings is 1. The van der Waals surface area contributed by atoms with Crippen molar-refractivity contribution in [3.63, 3.8) is 0 Å². The molecule has 0 bridgehead atoms. The fourth-order valence-electron chi connectivity index (χ4n) is 3.06. The number of fused-ring (bicyclic) bond motifs is 1. The lowest BCUT2D eigenvalue weighted by Gasteiger charge is -2.15. The van der Waals surface area contributed by atoms with Crippen LogP contribution in [0.2, 0.25) is 5.02 Å². The first-order chi connectivity index (χ1) is 13.5. The summed E-state index contributed by atoms with van der Waals surface area (Å²) in [5.74, 6) is 0.319. The molecule has 0 radical (unpaired) electrons. The van der Waals surface area contributed by atoms with Crippen LogP contribution in [-0.4, -0.2) is 34.1 Å². The summed E-state index contributed by atoms with van der Waals surface area (Å²) >= 11 is 6.09. The van der Waals surface area contributed by atoms with Gasteiger partial charge in [-0.25, -0.2) is 19.4 Å². The molecular formula is C21H17ClFN5. The van der Waals surface area contributed by atoms with Crippen molar-refractivity contribution in [2.45, 2.75) is 0 Å². The summed E-state index contributed by atoms with van der Waals surface area (Å²) in [5, 5.41) is 3.12. The van der Waals surface area contributed by atoms with E-state index < -0.39 is 0 Å². The SMILES string of the molecule is CN(C)Nc1ncnc2ccc(-c3cccnc3-c3cc(Cl)ccc3F)cc12. The largest absolute Gasteiger partial charge is 0.303 e. The van der Waals surface area contributed by atoms with Gasteiger partial charge in [-0.3, -0.25) is 4.98 Å². The zero-order valence-electron chi connectivity index (χ0n) is 15.3. The molecule has 4 rings (SSSR count). The third-order valence-corrected chi connectivity index (χ3v) is 4.50. The zero-order chi connectivity index (χ0) is 19.7. The van der Waals surface area contributed by atoms with E-state index in [1.54, 1.807) is 12.3 Å². The van der Waals surface area contributed by atoms with Gasteiger partial charge in [-0.1, -0.05) is 23.7 Å². The van der Waals surface area contributed by atoms with Crippen molar-refractivity contribution < 1.29 is 4.39 Å². The standard InChI is InChI=1S/C21H17ClFN5/c1-28(2)27-21-17-10-13(5-8-19(17)25-12-26-21)15-4-3-9-24-20(15)16-11-14(22)6-7-18(16)23/h3-12H,1-2H3,(H,25,26,27). The number of hydrogen-bond donors (Lipinski definition) is 1. The number of nitrogens with one attached hydrogen (secondary N) is 1. The quantitative estimate of drug-likeness (QED) is 0.492. The van der Waals surface area contributed by atoms with Gasteiger partial charge < -0.3 is 5.43 Å². The molecule has 0 atom stereocenters. The third kappa shape index (κ3) is 3.52. The van der Waals surface area contributed by atoms with E-state index in [0.29, 0.717) is 22.1 Å². The Balaban J connectivity index is 1.91. The predicted octanol–water partition coefficient (Wildman–Crippen LogP) is 5.04. The summed E-state index contributed by atoms with van der Waals surface area (Å²) in [6.07, 6.45) is 3.16. The highest BCUT2D eigenvalue weighted by Gasteiger charge is 2.14. The Morgan fingerprint density at radius 2 is 1.82 bits per heavy atom. The van der Waals surface area contributed by atoms with Gasteiger partial charge in [-0.2, -0.15) is 0 Å². The minimum Gasteiger partial charge on any atom is -0.303 e. The van der Waals surface area contributed by atoms with Crippen LogP contribution in [0.25, 0.3) is 33.3 Å². The van der Waals surface area contributed by atoms with Crippen LogP contribution >= 0.6 is 11.6 Å². The van der Waals surface area contributed by atoms with E-state index in [-0.39, 0.29) is 5.82 Å². The normalized spacial score (nSPS) is 11.2. The molecule has 0 saturated carbocycles. The molecule has 7 heteroatoms. The van der Waals surface area contributed by atoms with Crippen LogP contribution in [0, 0.1) is 5.82 Å². The average molecular weight is 394 g/mol. The maximum absolute atomic E-state index is 14.5. The van der Waals surface area contributed by atoms with Crippen molar-refractivity contribution in [2.24, 2.45) is 0 Å². The molecule has 0 aliphatic carbocycles. The summed E-state index contributed by atoms with van der Waals surface area (Å²) in [6, 6.07) is 14.0. The third-order valence-electron chi connectivity index (χ3n) is 4.27. The van der Waals surface area contributed by atoms with Gasteiger partial charge in [0.15, 0.2) is 5.82 Å². The second kappa shape index (κ2) is 7.50. The number of aromatic nitrogens is 3. The van der Waals surface area contributed by atoms with Crippen molar-refractivity contribution in [2.75, 3.05) is 19.5 Å². The van der Waals surface area contributed by atoms with Crippen LogP contribution in [0.3, 0.4) is 0 Å². The van der Waals surface area contributed by atoms with Crippen molar-refractivity contribution in [3.05, 3.63) is 71.9 Å². The molecule has 2 aromatic heterocycles. The summed E-state index contributed by atoms with van der Waals surface area (Å²) < 4.78 is 14.5. The van der Waals surface area contributed by atoms with E-state index in [1.807, 2.05) is 49.4 Å². The Bertz CT molecular complexity index is 1160. The number of nitrogens with zero attached hydrogens (tertiary/aromatic N) is 4. The smallest absolute Gasteiger partial charge is 0.151 e.